The molecule has 1 heterocycles. The summed E-state index contributed by atoms with van der Waals surface area (Å²) < 4.78 is 5.11. The number of nitrogens with zero attached hydrogens (tertiary/aromatic N) is 1. The van der Waals surface area contributed by atoms with E-state index in [0.717, 1.165) is 5.01 Å². The van der Waals surface area contributed by atoms with Crippen LogP contribution < -0.4 is 15.8 Å². The molecule has 0 aliphatic rings. The summed E-state index contributed by atoms with van der Waals surface area (Å²) in [5.74, 6) is 0.518. The first kappa shape index (κ1) is 13.5. The molecule has 0 bridgehead atoms. The van der Waals surface area contributed by atoms with Crippen LogP contribution in [0.4, 0.5) is 5.69 Å². The first-order valence-corrected chi connectivity index (χ1v) is 6.57. The van der Waals surface area contributed by atoms with Gasteiger partial charge >= 0.3 is 0 Å². The lowest BCUT2D eigenvalue weighted by Gasteiger charge is -2.06. The summed E-state index contributed by atoms with van der Waals surface area (Å²) in [5, 5.41) is 3.58. The molecule has 3 N–H and O–H groups in total. The predicted octanol–water partition coefficient (Wildman–Crippen LogP) is 2.17. The second-order valence-electron chi connectivity index (χ2n) is 3.91. The standard InChI is InChI=1S/C13H15N3O2S/c1-8-12(19-11(7-14)15-8)13(17)16-9-4-3-5-10(6-9)18-2/h3-6H,7,14H2,1-2H3,(H,16,17). The number of aromatic nitrogens is 1. The second kappa shape index (κ2) is 5.81. The van der Waals surface area contributed by atoms with Crippen LogP contribution >= 0.6 is 11.3 Å². The molecule has 5 nitrogen and oxygen atoms in total. The molecule has 100 valence electrons. The number of hydrogen-bond donors (Lipinski definition) is 2. The number of hydrogen-bond acceptors (Lipinski definition) is 5. The Labute approximate surface area is 115 Å². The van der Waals surface area contributed by atoms with E-state index in [9.17, 15) is 4.79 Å². The summed E-state index contributed by atoms with van der Waals surface area (Å²) in [7, 11) is 1.59. The number of ether oxygens (including phenoxy) is 1. The van der Waals surface area contributed by atoms with Gasteiger partial charge in [-0.3, -0.25) is 4.79 Å². The highest BCUT2D eigenvalue weighted by atomic mass is 32.1. The summed E-state index contributed by atoms with van der Waals surface area (Å²) in [4.78, 5) is 17.0. The maximum absolute atomic E-state index is 12.1. The number of nitrogens with one attached hydrogen (secondary N) is 1. The van der Waals surface area contributed by atoms with Gasteiger partial charge in [0.1, 0.15) is 15.6 Å². The minimum atomic E-state index is -0.178. The molecule has 2 rings (SSSR count). The van der Waals surface area contributed by atoms with E-state index in [0.29, 0.717) is 28.6 Å². The minimum absolute atomic E-state index is 0.178. The fourth-order valence-electron chi connectivity index (χ4n) is 1.64. The van der Waals surface area contributed by atoms with Gasteiger partial charge in [0.2, 0.25) is 0 Å². The SMILES string of the molecule is COc1cccc(NC(=O)c2sc(CN)nc2C)c1. The molecule has 1 aromatic heterocycles. The lowest BCUT2D eigenvalue weighted by atomic mass is 10.3. The predicted molar refractivity (Wildman–Crippen MR) is 75.7 cm³/mol. The zero-order chi connectivity index (χ0) is 13.8. The zero-order valence-electron chi connectivity index (χ0n) is 10.8. The molecule has 0 radical (unpaired) electrons. The van der Waals surface area contributed by atoms with Crippen molar-refractivity contribution in [1.29, 1.82) is 0 Å². The Kier molecular flexibility index (Phi) is 4.13. The van der Waals surface area contributed by atoms with Gasteiger partial charge in [0.25, 0.3) is 5.91 Å². The van der Waals surface area contributed by atoms with Crippen molar-refractivity contribution in [3.05, 3.63) is 39.8 Å². The molecule has 0 atom stereocenters. The van der Waals surface area contributed by atoms with Crippen LogP contribution in [0.5, 0.6) is 5.75 Å². The number of carbonyl (C=O) groups excluding carboxylic acids is 1. The molecule has 0 unspecified atom stereocenters. The Balaban J connectivity index is 2.17. The van der Waals surface area contributed by atoms with E-state index in [-0.39, 0.29) is 5.91 Å². The minimum Gasteiger partial charge on any atom is -0.497 e. The van der Waals surface area contributed by atoms with Crippen molar-refractivity contribution in [3.63, 3.8) is 0 Å². The van der Waals surface area contributed by atoms with Crippen molar-refractivity contribution in [2.75, 3.05) is 12.4 Å². The van der Waals surface area contributed by atoms with Crippen molar-refractivity contribution >= 4 is 22.9 Å². The normalized spacial score (nSPS) is 10.3. The number of nitrogens with two attached hydrogens (primary N) is 1. The topological polar surface area (TPSA) is 77.2 Å². The van der Waals surface area contributed by atoms with E-state index in [2.05, 4.69) is 10.3 Å². The van der Waals surface area contributed by atoms with E-state index in [4.69, 9.17) is 10.5 Å². The molecule has 0 fully saturated rings. The first-order chi connectivity index (χ1) is 9.13. The van der Waals surface area contributed by atoms with Gasteiger partial charge in [-0.15, -0.1) is 11.3 Å². The third-order valence-electron chi connectivity index (χ3n) is 2.55. The Morgan fingerprint density at radius 1 is 1.53 bits per heavy atom. The number of rotatable bonds is 4. The Hall–Kier alpha value is -1.92. The van der Waals surface area contributed by atoms with Crippen LogP contribution in [0, 0.1) is 6.92 Å². The number of methoxy groups -OCH3 is 1. The quantitative estimate of drug-likeness (QED) is 0.898. The number of thiazole rings is 1. The smallest absolute Gasteiger partial charge is 0.267 e. The Morgan fingerprint density at radius 2 is 2.32 bits per heavy atom. The summed E-state index contributed by atoms with van der Waals surface area (Å²) in [6.07, 6.45) is 0. The second-order valence-corrected chi connectivity index (χ2v) is 5.00. The molecule has 0 aliphatic heterocycles. The van der Waals surface area contributed by atoms with Crippen LogP contribution in [-0.4, -0.2) is 18.0 Å². The third-order valence-corrected chi connectivity index (χ3v) is 3.73. The molecule has 0 spiro atoms. The van der Waals surface area contributed by atoms with Gasteiger partial charge in [0.05, 0.1) is 12.8 Å². The van der Waals surface area contributed by atoms with Gasteiger partial charge in [0.15, 0.2) is 0 Å². The van der Waals surface area contributed by atoms with Gasteiger partial charge in [0, 0.05) is 18.3 Å². The Bertz CT molecular complexity index is 595. The summed E-state index contributed by atoms with van der Waals surface area (Å²) in [6, 6.07) is 7.21. The number of benzene rings is 1. The molecule has 0 aliphatic carbocycles. The van der Waals surface area contributed by atoms with Gasteiger partial charge < -0.3 is 15.8 Å². The molecule has 19 heavy (non-hydrogen) atoms. The highest BCUT2D eigenvalue weighted by molar-refractivity contribution is 7.13. The van der Waals surface area contributed by atoms with Gasteiger partial charge in [-0.05, 0) is 19.1 Å². The van der Waals surface area contributed by atoms with Crippen LogP contribution in [0.1, 0.15) is 20.4 Å². The highest BCUT2D eigenvalue weighted by Gasteiger charge is 2.14. The molecular formula is C13H15N3O2S. The van der Waals surface area contributed by atoms with Crippen molar-refractivity contribution in [2.45, 2.75) is 13.5 Å². The molecule has 6 heteroatoms. The molecule has 1 aromatic carbocycles. The number of anilines is 1. The van der Waals surface area contributed by atoms with E-state index in [1.165, 1.54) is 11.3 Å². The average molecular weight is 277 g/mol. The lowest BCUT2D eigenvalue weighted by molar-refractivity contribution is 0.103. The monoisotopic (exact) mass is 277 g/mol. The Morgan fingerprint density at radius 3 is 2.95 bits per heavy atom. The van der Waals surface area contributed by atoms with Crippen molar-refractivity contribution in [1.82, 2.24) is 4.98 Å². The van der Waals surface area contributed by atoms with Crippen molar-refractivity contribution in [3.8, 4) is 5.75 Å². The lowest BCUT2D eigenvalue weighted by Crippen LogP contribution is -2.11. The average Bonchev–Trinajstić information content (AvgIpc) is 2.80. The summed E-state index contributed by atoms with van der Waals surface area (Å²) >= 11 is 1.32. The summed E-state index contributed by atoms with van der Waals surface area (Å²) in [6.45, 7) is 2.15. The van der Waals surface area contributed by atoms with Crippen LogP contribution in [0.15, 0.2) is 24.3 Å². The van der Waals surface area contributed by atoms with Crippen LogP contribution in [0.3, 0.4) is 0 Å². The fraction of sp³-hybridized carbons (Fsp3) is 0.231. The maximum atomic E-state index is 12.1. The van der Waals surface area contributed by atoms with E-state index in [1.54, 1.807) is 26.2 Å². The van der Waals surface area contributed by atoms with E-state index >= 15 is 0 Å². The first-order valence-electron chi connectivity index (χ1n) is 5.76. The van der Waals surface area contributed by atoms with E-state index in [1.807, 2.05) is 12.1 Å². The number of carbonyl (C=O) groups is 1. The number of amides is 1. The van der Waals surface area contributed by atoms with Gasteiger partial charge in [-0.1, -0.05) is 6.07 Å². The highest BCUT2D eigenvalue weighted by Crippen LogP contribution is 2.21. The van der Waals surface area contributed by atoms with Gasteiger partial charge in [-0.2, -0.15) is 0 Å². The van der Waals surface area contributed by atoms with Crippen LogP contribution in [-0.2, 0) is 6.54 Å². The van der Waals surface area contributed by atoms with E-state index < -0.39 is 0 Å². The van der Waals surface area contributed by atoms with Crippen LogP contribution in [0.2, 0.25) is 0 Å². The molecule has 0 saturated carbocycles. The largest absolute Gasteiger partial charge is 0.497 e. The molecule has 2 aromatic rings. The van der Waals surface area contributed by atoms with Crippen LogP contribution in [0.25, 0.3) is 0 Å². The van der Waals surface area contributed by atoms with Crippen molar-refractivity contribution in [2.24, 2.45) is 5.73 Å². The van der Waals surface area contributed by atoms with Crippen molar-refractivity contribution < 1.29 is 9.53 Å². The maximum Gasteiger partial charge on any atom is 0.267 e. The van der Waals surface area contributed by atoms with Gasteiger partial charge in [-0.25, -0.2) is 4.98 Å². The third kappa shape index (κ3) is 3.10. The number of aryl methyl sites for hydroxylation is 1. The zero-order valence-corrected chi connectivity index (χ0v) is 11.6. The molecule has 1 amide bonds. The fourth-order valence-corrected chi connectivity index (χ4v) is 2.48. The summed E-state index contributed by atoms with van der Waals surface area (Å²) in [5.41, 5.74) is 6.91. The molecule has 0 saturated heterocycles. The molecular weight excluding hydrogens is 262 g/mol.